The highest BCUT2D eigenvalue weighted by Gasteiger charge is 2.12. The van der Waals surface area contributed by atoms with Crippen LogP contribution in [0.25, 0.3) is 22.3 Å². The lowest BCUT2D eigenvalue weighted by Gasteiger charge is -2.27. The molecule has 164 valence electrons. The fourth-order valence-corrected chi connectivity index (χ4v) is 4.12. The summed E-state index contributed by atoms with van der Waals surface area (Å²) < 4.78 is 5.29. The summed E-state index contributed by atoms with van der Waals surface area (Å²) in [6, 6.07) is 12.3. The molecule has 0 saturated carbocycles. The van der Waals surface area contributed by atoms with E-state index in [1.807, 2.05) is 31.3 Å². The van der Waals surface area contributed by atoms with Crippen LogP contribution >= 0.6 is 0 Å². The molecule has 5 rings (SSSR count). The quantitative estimate of drug-likeness (QED) is 0.487. The van der Waals surface area contributed by atoms with Crippen LogP contribution in [0.4, 0.5) is 0 Å². The number of ether oxygens (including phenoxy) is 1. The fraction of sp³-hybridized carbons (Fsp3) is 0.333. The Labute approximate surface area is 187 Å². The van der Waals surface area contributed by atoms with Crippen molar-refractivity contribution in [2.45, 2.75) is 19.9 Å². The van der Waals surface area contributed by atoms with Gasteiger partial charge in [0.15, 0.2) is 0 Å². The number of pyridine rings is 1. The standard InChI is InChI=1S/C24H27N7O/c1-16-27-21(14-24(28-16)32-2)18-3-4-20-22(12-18)30-23(29-20)13-19-11-17(5-6-26-19)15-31-9-7-25-8-10-31/h3-6,11-12,14,25H,7-10,13,15H2,1-2H3,(H,29,30). The second-order valence-corrected chi connectivity index (χ2v) is 8.12. The van der Waals surface area contributed by atoms with Gasteiger partial charge in [0.1, 0.15) is 11.6 Å². The summed E-state index contributed by atoms with van der Waals surface area (Å²) in [5.41, 5.74) is 6.04. The van der Waals surface area contributed by atoms with Gasteiger partial charge in [-0.1, -0.05) is 6.07 Å². The van der Waals surface area contributed by atoms with Crippen molar-refractivity contribution < 1.29 is 4.74 Å². The summed E-state index contributed by atoms with van der Waals surface area (Å²) in [5.74, 6) is 2.14. The molecule has 4 aromatic rings. The summed E-state index contributed by atoms with van der Waals surface area (Å²) >= 11 is 0. The minimum Gasteiger partial charge on any atom is -0.481 e. The van der Waals surface area contributed by atoms with Gasteiger partial charge in [0.05, 0.1) is 23.8 Å². The van der Waals surface area contributed by atoms with Gasteiger partial charge in [-0.25, -0.2) is 9.97 Å². The van der Waals surface area contributed by atoms with Gasteiger partial charge in [0.25, 0.3) is 0 Å². The van der Waals surface area contributed by atoms with Crippen molar-refractivity contribution in [1.82, 2.24) is 35.1 Å². The molecule has 0 bridgehead atoms. The van der Waals surface area contributed by atoms with Crippen molar-refractivity contribution in [3.8, 4) is 17.1 Å². The second kappa shape index (κ2) is 9.02. The molecule has 1 aromatic carbocycles. The highest BCUT2D eigenvalue weighted by atomic mass is 16.5. The van der Waals surface area contributed by atoms with Gasteiger partial charge in [0, 0.05) is 62.7 Å². The minimum absolute atomic E-state index is 0.560. The molecule has 4 heterocycles. The van der Waals surface area contributed by atoms with Gasteiger partial charge in [-0.3, -0.25) is 9.88 Å². The van der Waals surface area contributed by atoms with Crippen molar-refractivity contribution in [3.63, 3.8) is 0 Å². The predicted molar refractivity (Wildman–Crippen MR) is 124 cm³/mol. The molecule has 0 atom stereocenters. The lowest BCUT2D eigenvalue weighted by atomic mass is 10.1. The molecule has 1 aliphatic rings. The van der Waals surface area contributed by atoms with Gasteiger partial charge in [0.2, 0.25) is 5.88 Å². The van der Waals surface area contributed by atoms with Crippen LogP contribution in [0.5, 0.6) is 5.88 Å². The number of aromatic amines is 1. The van der Waals surface area contributed by atoms with Gasteiger partial charge in [-0.2, -0.15) is 4.98 Å². The Kier molecular flexibility index (Phi) is 5.79. The molecule has 2 N–H and O–H groups in total. The maximum Gasteiger partial charge on any atom is 0.216 e. The second-order valence-electron chi connectivity index (χ2n) is 8.12. The topological polar surface area (TPSA) is 91.8 Å². The summed E-state index contributed by atoms with van der Waals surface area (Å²) in [7, 11) is 1.61. The zero-order chi connectivity index (χ0) is 21.9. The number of imidazole rings is 1. The number of hydrogen-bond acceptors (Lipinski definition) is 7. The van der Waals surface area contributed by atoms with Gasteiger partial charge in [-0.15, -0.1) is 0 Å². The lowest BCUT2D eigenvalue weighted by molar-refractivity contribution is 0.233. The molecular weight excluding hydrogens is 402 g/mol. The third-order valence-corrected chi connectivity index (χ3v) is 5.70. The van der Waals surface area contributed by atoms with E-state index in [-0.39, 0.29) is 0 Å². The Morgan fingerprint density at radius 3 is 2.75 bits per heavy atom. The number of H-pyrrole nitrogens is 1. The van der Waals surface area contributed by atoms with Crippen LogP contribution in [0.1, 0.15) is 22.9 Å². The first kappa shape index (κ1) is 20.5. The largest absolute Gasteiger partial charge is 0.481 e. The van der Waals surface area contributed by atoms with Crippen LogP contribution in [0.15, 0.2) is 42.6 Å². The third kappa shape index (κ3) is 4.61. The maximum atomic E-state index is 5.29. The normalized spacial score (nSPS) is 14.7. The molecule has 0 aliphatic carbocycles. The van der Waals surface area contributed by atoms with Gasteiger partial charge in [-0.05, 0) is 36.8 Å². The predicted octanol–water partition coefficient (Wildman–Crippen LogP) is 2.73. The molecule has 3 aromatic heterocycles. The number of piperazine rings is 1. The van der Waals surface area contributed by atoms with E-state index < -0.39 is 0 Å². The molecule has 1 fully saturated rings. The SMILES string of the molecule is COc1cc(-c2ccc3nc(Cc4cc(CN5CCNCC5)ccn4)[nH]c3c2)nc(C)n1. The number of fused-ring (bicyclic) bond motifs is 1. The van der Waals surface area contributed by atoms with E-state index in [0.717, 1.165) is 66.5 Å². The third-order valence-electron chi connectivity index (χ3n) is 5.70. The number of aryl methyl sites for hydroxylation is 1. The molecule has 0 radical (unpaired) electrons. The van der Waals surface area contributed by atoms with E-state index >= 15 is 0 Å². The monoisotopic (exact) mass is 429 g/mol. The highest BCUT2D eigenvalue weighted by molar-refractivity contribution is 5.81. The van der Waals surface area contributed by atoms with Crippen LogP contribution in [0.3, 0.4) is 0 Å². The van der Waals surface area contributed by atoms with E-state index in [4.69, 9.17) is 9.72 Å². The average molecular weight is 430 g/mol. The Bertz CT molecular complexity index is 1230. The number of nitrogens with zero attached hydrogens (tertiary/aromatic N) is 5. The van der Waals surface area contributed by atoms with E-state index in [1.54, 1.807) is 7.11 Å². The molecule has 8 heteroatoms. The lowest BCUT2D eigenvalue weighted by Crippen LogP contribution is -2.42. The molecule has 1 aliphatic heterocycles. The summed E-state index contributed by atoms with van der Waals surface area (Å²) in [6.07, 6.45) is 2.57. The van der Waals surface area contributed by atoms with Crippen LogP contribution in [0.2, 0.25) is 0 Å². The summed E-state index contributed by atoms with van der Waals surface area (Å²) in [6.45, 7) is 7.10. The maximum absolute atomic E-state index is 5.29. The molecular formula is C24H27N7O. The number of rotatable bonds is 6. The zero-order valence-corrected chi connectivity index (χ0v) is 18.4. The van der Waals surface area contributed by atoms with Crippen molar-refractivity contribution in [1.29, 1.82) is 0 Å². The molecule has 8 nitrogen and oxygen atoms in total. The Morgan fingerprint density at radius 2 is 1.91 bits per heavy atom. The number of hydrogen-bond donors (Lipinski definition) is 2. The first-order valence-electron chi connectivity index (χ1n) is 10.9. The Hall–Kier alpha value is -3.36. The van der Waals surface area contributed by atoms with Crippen LogP contribution in [-0.4, -0.2) is 63.1 Å². The van der Waals surface area contributed by atoms with E-state index in [2.05, 4.69) is 48.4 Å². The van der Waals surface area contributed by atoms with E-state index in [0.29, 0.717) is 18.1 Å². The number of nitrogens with one attached hydrogen (secondary N) is 2. The fourth-order valence-electron chi connectivity index (χ4n) is 4.12. The number of benzene rings is 1. The minimum atomic E-state index is 0.560. The summed E-state index contributed by atoms with van der Waals surface area (Å²) in [4.78, 5) is 24.1. The highest BCUT2D eigenvalue weighted by Crippen LogP contribution is 2.25. The van der Waals surface area contributed by atoms with E-state index in [9.17, 15) is 0 Å². The van der Waals surface area contributed by atoms with Gasteiger partial charge >= 0.3 is 0 Å². The smallest absolute Gasteiger partial charge is 0.216 e. The van der Waals surface area contributed by atoms with Crippen LogP contribution < -0.4 is 10.1 Å². The van der Waals surface area contributed by atoms with Crippen molar-refractivity contribution in [2.75, 3.05) is 33.3 Å². The number of methoxy groups -OCH3 is 1. The molecule has 1 saturated heterocycles. The van der Waals surface area contributed by atoms with Gasteiger partial charge < -0.3 is 15.0 Å². The Balaban J connectivity index is 1.35. The van der Waals surface area contributed by atoms with Crippen LogP contribution in [-0.2, 0) is 13.0 Å². The first-order valence-corrected chi connectivity index (χ1v) is 10.9. The number of aromatic nitrogens is 5. The Morgan fingerprint density at radius 1 is 1.03 bits per heavy atom. The first-order chi connectivity index (χ1) is 15.7. The summed E-state index contributed by atoms with van der Waals surface area (Å²) in [5, 5.41) is 3.40. The zero-order valence-electron chi connectivity index (χ0n) is 18.4. The molecule has 0 unspecified atom stereocenters. The van der Waals surface area contributed by atoms with Crippen LogP contribution in [0, 0.1) is 6.92 Å². The van der Waals surface area contributed by atoms with Crippen molar-refractivity contribution in [3.05, 3.63) is 65.5 Å². The molecule has 0 amide bonds. The van der Waals surface area contributed by atoms with E-state index in [1.165, 1.54) is 5.56 Å². The molecule has 32 heavy (non-hydrogen) atoms. The van der Waals surface area contributed by atoms with Crippen molar-refractivity contribution >= 4 is 11.0 Å². The van der Waals surface area contributed by atoms with Crippen molar-refractivity contribution in [2.24, 2.45) is 0 Å². The average Bonchev–Trinajstić information content (AvgIpc) is 3.21. The molecule has 0 spiro atoms.